The minimum Gasteiger partial charge on any atom is -0.481 e. The molecule has 19 heteroatoms. The third-order valence-corrected chi connectivity index (χ3v) is 25.4. The number of hydrogen-bond donors (Lipinski definition) is 1. The minimum atomic E-state index is 0.0843. The van der Waals surface area contributed by atoms with E-state index in [-0.39, 0.29) is 46.8 Å². The largest absolute Gasteiger partial charge is 0.481 e. The quantitative estimate of drug-likeness (QED) is 0.0297. The molecule has 16 rings (SSSR count). The summed E-state index contributed by atoms with van der Waals surface area (Å²) in [6.45, 7) is 9.62. The first-order chi connectivity index (χ1) is 62.8. The van der Waals surface area contributed by atoms with Gasteiger partial charge < -0.3 is 30.1 Å². The van der Waals surface area contributed by atoms with E-state index >= 15 is 0 Å². The topological polar surface area (TPSA) is 236 Å². The number of rotatable bonds is 33. The Hall–Kier alpha value is -13.2. The van der Waals surface area contributed by atoms with Crippen molar-refractivity contribution in [2.24, 2.45) is 0 Å². The van der Waals surface area contributed by atoms with Crippen LogP contribution in [0.2, 0.25) is 5.15 Å². The van der Waals surface area contributed by atoms with E-state index in [1.165, 1.54) is 25.7 Å². The van der Waals surface area contributed by atoms with Crippen molar-refractivity contribution in [2.75, 3.05) is 32.4 Å². The molecule has 4 heterocycles. The van der Waals surface area contributed by atoms with Crippen LogP contribution in [0.4, 0.5) is 28.6 Å². The van der Waals surface area contributed by atoms with E-state index in [9.17, 15) is 38.4 Å². The maximum absolute atomic E-state index is 12.7. The molecule has 2 N–H and O–H groups in total. The molecule has 4 amide bonds. The Morgan fingerprint density at radius 3 is 0.876 bits per heavy atom. The molecule has 4 aliphatic carbocycles. The number of nitrogens with zero attached hydrogens (tertiary/aromatic N) is 8. The van der Waals surface area contributed by atoms with Gasteiger partial charge in [-0.15, -0.1) is 0 Å². The molecule has 662 valence electrons. The van der Waals surface area contributed by atoms with Crippen molar-refractivity contribution in [3.63, 3.8) is 0 Å². The highest BCUT2D eigenvalue weighted by molar-refractivity contribution is 6.30. The molecule has 0 radical (unpaired) electrons. The Balaban J connectivity index is 0.000000147. The fourth-order valence-corrected chi connectivity index (χ4v) is 16.7. The van der Waals surface area contributed by atoms with Crippen LogP contribution in [-0.2, 0) is 44.9 Å². The smallest absolute Gasteiger partial charge is 0.226 e. The van der Waals surface area contributed by atoms with E-state index in [4.69, 9.17) is 22.1 Å². The van der Waals surface area contributed by atoms with E-state index in [2.05, 4.69) is 44.2 Å². The van der Waals surface area contributed by atoms with Crippen LogP contribution in [0, 0.1) is 6.92 Å². The van der Waals surface area contributed by atoms with Crippen LogP contribution in [0.5, 0.6) is 5.88 Å². The average molecular weight is 1740 g/mol. The zero-order valence-electron chi connectivity index (χ0n) is 74.9. The number of nitrogen functional groups attached to an aromatic ring is 1. The molecule has 12 aromatic rings. The normalized spacial score (nSPS) is 13.4. The van der Waals surface area contributed by atoms with E-state index in [0.717, 1.165) is 152 Å². The van der Waals surface area contributed by atoms with Crippen molar-refractivity contribution >= 4 is 86.9 Å². The minimum absolute atomic E-state index is 0.0843. The maximum Gasteiger partial charge on any atom is 0.226 e. The number of ether oxygens (including phenoxy) is 1. The maximum atomic E-state index is 12.7. The molecule has 4 aliphatic rings. The van der Waals surface area contributed by atoms with E-state index in [0.29, 0.717) is 135 Å². The third kappa shape index (κ3) is 24.6. The second-order valence-electron chi connectivity index (χ2n) is 33.5. The van der Waals surface area contributed by atoms with E-state index in [1.807, 2.05) is 279 Å². The molecule has 4 saturated carbocycles. The summed E-state index contributed by atoms with van der Waals surface area (Å²) in [5.74, 6) is 2.18. The Morgan fingerprint density at radius 2 is 0.605 bits per heavy atom. The van der Waals surface area contributed by atoms with Crippen LogP contribution in [0.1, 0.15) is 225 Å². The number of hydrogen-bond acceptors (Lipinski definition) is 14. The zero-order chi connectivity index (χ0) is 90.7. The van der Waals surface area contributed by atoms with Crippen molar-refractivity contribution in [1.29, 1.82) is 0 Å². The number of Topliss-reactive ketones (excluding diaryl/α,β-unsaturated/α-hetero) is 4. The van der Waals surface area contributed by atoms with Gasteiger partial charge in [-0.05, 0) is 244 Å². The number of anilines is 5. The van der Waals surface area contributed by atoms with Crippen LogP contribution >= 0.6 is 11.6 Å². The van der Waals surface area contributed by atoms with Crippen LogP contribution < -0.4 is 30.1 Å². The molecule has 0 unspecified atom stereocenters. The summed E-state index contributed by atoms with van der Waals surface area (Å²) in [5, 5.41) is 0.454. The number of halogens is 1. The van der Waals surface area contributed by atoms with Crippen LogP contribution in [0.3, 0.4) is 0 Å². The summed E-state index contributed by atoms with van der Waals surface area (Å²) in [4.78, 5) is 125. The number of ketones is 4. The lowest BCUT2D eigenvalue weighted by Gasteiger charge is -2.37. The first-order valence-corrected chi connectivity index (χ1v) is 46.1. The average Bonchev–Trinajstić information content (AvgIpc) is 0.916. The lowest BCUT2D eigenvalue weighted by molar-refractivity contribution is -0.120. The highest BCUT2D eigenvalue weighted by atomic mass is 35.5. The Morgan fingerprint density at radius 1 is 0.333 bits per heavy atom. The van der Waals surface area contributed by atoms with Gasteiger partial charge in [0.2, 0.25) is 29.5 Å². The first kappa shape index (κ1) is 93.4. The summed E-state index contributed by atoms with van der Waals surface area (Å²) in [5.41, 5.74) is 25.8. The molecule has 4 fully saturated rings. The molecule has 0 saturated heterocycles. The van der Waals surface area contributed by atoms with Gasteiger partial charge >= 0.3 is 0 Å². The van der Waals surface area contributed by atoms with Gasteiger partial charge in [0.1, 0.15) is 11.0 Å². The van der Waals surface area contributed by atoms with E-state index in [1.54, 1.807) is 25.7 Å². The second kappa shape index (κ2) is 46.0. The number of aromatic nitrogens is 4. The molecule has 18 nitrogen and oxygen atoms in total. The Labute approximate surface area is 763 Å². The van der Waals surface area contributed by atoms with E-state index < -0.39 is 0 Å². The molecular formula is C110H116ClN9O9. The molecule has 0 bridgehead atoms. The third-order valence-electron chi connectivity index (χ3n) is 25.1. The summed E-state index contributed by atoms with van der Waals surface area (Å²) >= 11 is 6.08. The molecule has 0 aliphatic heterocycles. The number of carbonyl (C=O) groups excluding carboxylic acids is 8. The predicted molar refractivity (Wildman–Crippen MR) is 517 cm³/mol. The van der Waals surface area contributed by atoms with Gasteiger partial charge in [0.25, 0.3) is 0 Å². The van der Waals surface area contributed by atoms with Crippen molar-refractivity contribution < 1.29 is 43.1 Å². The molecular weight excluding hydrogens is 1630 g/mol. The van der Waals surface area contributed by atoms with Gasteiger partial charge in [0, 0.05) is 157 Å². The molecule has 0 atom stereocenters. The lowest BCUT2D eigenvalue weighted by Crippen LogP contribution is -2.44. The summed E-state index contributed by atoms with van der Waals surface area (Å²) < 4.78 is 5.27. The molecule has 0 spiro atoms. The molecule has 129 heavy (non-hydrogen) atoms. The number of carbonyl (C=O) groups is 8. The SMILES string of the molecule is CCC(=O)N(c1ccc(-c2ccc(C(=O)CCc3ccc(C)nc3)cc2)cc1)C1CCC1.CCC(=O)N(c1ccc(-c2ccc(C(=O)CCc3cccnc3Cl)cc2)cc1)C1CCC1.CCC(=O)N(c1ccc(-c2ccc(C(=O)CCc3cccnc3N)cc2)cc1)C1CCC1.CCC(=O)N(c1ccc(-c2ccc(C(=O)CCc3cccnc3OC)cc2)cc1)C1CCC1. The van der Waals surface area contributed by atoms with Gasteiger partial charge in [-0.1, -0.05) is 209 Å². The number of aryl methyl sites for hydroxylation is 5. The highest BCUT2D eigenvalue weighted by Gasteiger charge is 2.33. The van der Waals surface area contributed by atoms with Crippen LogP contribution in [0.25, 0.3) is 44.5 Å². The van der Waals surface area contributed by atoms with Gasteiger partial charge in [-0.2, -0.15) is 0 Å². The standard InChI is InChI=1S/C28H30N2O3.C28H30N2O2.C27H27ClN2O2.C27H29N3O2/c1-3-27(32)30(24-7-4-8-24)25-16-13-21(14-17-25)20-9-11-22(12-10-20)26(31)18-15-23-6-5-19-29-28(23)33-2;1-3-28(32)30(25-5-4-6-25)26-16-14-23(15-17-26)22-10-12-24(13-11-22)27(31)18-9-21-8-7-20(2)29-19-21;2*1-2-26(32)30(23-6-3-7-23)24-15-12-20(13-16-24)19-8-10-21(11-9-19)25(31)17-14-22-5-4-18-29-27(22)28/h5-6,9-14,16-17,19,24H,3-4,7-8,15,18H2,1-2H3;7-8,10-17,19,25H,3-6,9,18H2,1-2H3;4-5,8-13,15-16,18,23H,2-3,6-7,14,17H2,1H3;4-5,8-13,15-16,18,23H,2-3,6-7,14,17H2,1H3,(H2,28,29). The van der Waals surface area contributed by atoms with Crippen molar-refractivity contribution in [3.05, 3.63) is 323 Å². The monoisotopic (exact) mass is 1740 g/mol. The Kier molecular flexibility index (Phi) is 33.3. The van der Waals surface area contributed by atoms with Gasteiger partial charge in [0.05, 0.1) is 7.11 Å². The summed E-state index contributed by atoms with van der Waals surface area (Å²) in [7, 11) is 1.59. The highest BCUT2D eigenvalue weighted by Crippen LogP contribution is 2.38. The van der Waals surface area contributed by atoms with Crippen molar-refractivity contribution in [1.82, 2.24) is 19.9 Å². The number of benzene rings is 8. The summed E-state index contributed by atoms with van der Waals surface area (Å²) in [6, 6.07) is 80.2. The number of nitrogens with two attached hydrogens (primary N) is 1. The molecule has 4 aromatic heterocycles. The van der Waals surface area contributed by atoms with Gasteiger partial charge in [0.15, 0.2) is 23.1 Å². The fraction of sp³-hybridized carbons (Fsp3) is 0.309. The summed E-state index contributed by atoms with van der Waals surface area (Å²) in [6.07, 6.45) is 26.4. The first-order valence-electron chi connectivity index (χ1n) is 45.7. The van der Waals surface area contributed by atoms with Crippen LogP contribution in [-0.4, -0.2) is 98.0 Å². The van der Waals surface area contributed by atoms with Gasteiger partial charge in [-0.25, -0.2) is 15.0 Å². The Bertz CT molecular complexity index is 5600. The van der Waals surface area contributed by atoms with Crippen LogP contribution in [0.15, 0.2) is 267 Å². The molecule has 8 aromatic carbocycles. The fourth-order valence-electron chi connectivity index (χ4n) is 16.4. The number of methoxy groups -OCH3 is 1. The number of pyridine rings is 4. The second-order valence-corrected chi connectivity index (χ2v) is 33.8. The lowest BCUT2D eigenvalue weighted by atomic mass is 9.90. The number of amides is 4. The van der Waals surface area contributed by atoms with Crippen molar-refractivity contribution in [3.8, 4) is 50.4 Å². The predicted octanol–water partition coefficient (Wildman–Crippen LogP) is 24.0. The van der Waals surface area contributed by atoms with Gasteiger partial charge in [-0.3, -0.25) is 43.3 Å². The zero-order valence-corrected chi connectivity index (χ0v) is 75.6. The van der Waals surface area contributed by atoms with Crippen molar-refractivity contribution in [2.45, 2.75) is 213 Å².